The summed E-state index contributed by atoms with van der Waals surface area (Å²) in [6.07, 6.45) is -0.00553. The average molecular weight is 227 g/mol. The molecule has 0 aromatic heterocycles. The monoisotopic (exact) mass is 227 g/mol. The van der Waals surface area contributed by atoms with Gasteiger partial charge in [0.05, 0.1) is 0 Å². The molecular weight excluding hydrogens is 210 g/mol. The minimum absolute atomic E-state index is 0.132. The lowest BCUT2D eigenvalue weighted by Gasteiger charge is -2.30. The van der Waals surface area contributed by atoms with Crippen molar-refractivity contribution >= 4 is 17.9 Å². The van der Waals surface area contributed by atoms with Gasteiger partial charge in [-0.2, -0.15) is 0 Å². The molecule has 0 amide bonds. The number of carbonyl (C=O) groups excluding carboxylic acids is 1. The van der Waals surface area contributed by atoms with Gasteiger partial charge in [-0.15, -0.1) is 5.06 Å². The van der Waals surface area contributed by atoms with E-state index in [4.69, 9.17) is 10.6 Å². The van der Waals surface area contributed by atoms with Crippen LogP contribution in [0.25, 0.3) is 0 Å². The van der Waals surface area contributed by atoms with Crippen molar-refractivity contribution in [2.24, 2.45) is 15.7 Å². The summed E-state index contributed by atoms with van der Waals surface area (Å²) in [6, 6.07) is 0. The van der Waals surface area contributed by atoms with Gasteiger partial charge in [0, 0.05) is 20.5 Å². The molecule has 16 heavy (non-hydrogen) atoms. The van der Waals surface area contributed by atoms with Gasteiger partial charge < -0.3 is 15.5 Å². The Bertz CT molecular complexity index is 337. The Morgan fingerprint density at radius 1 is 1.56 bits per heavy atom. The maximum Gasteiger partial charge on any atom is 0.332 e. The maximum atomic E-state index is 11.2. The highest BCUT2D eigenvalue weighted by Gasteiger charge is 2.26. The lowest BCUT2D eigenvalue weighted by atomic mass is 10.5. The fourth-order valence-corrected chi connectivity index (χ4v) is 1.15. The zero-order chi connectivity index (χ0) is 12.3. The third-order valence-corrected chi connectivity index (χ3v) is 1.89. The van der Waals surface area contributed by atoms with Gasteiger partial charge in [0.2, 0.25) is 11.9 Å². The molecule has 7 heteroatoms. The van der Waals surface area contributed by atoms with Crippen LogP contribution in [0.4, 0.5) is 0 Å². The van der Waals surface area contributed by atoms with Crippen molar-refractivity contribution in [2.45, 2.75) is 26.4 Å². The summed E-state index contributed by atoms with van der Waals surface area (Å²) in [6.45, 7) is 3.50. The van der Waals surface area contributed by atoms with Crippen LogP contribution in [0.1, 0.15) is 20.3 Å². The molecule has 2 N–H and O–H groups in total. The fraction of sp³-hybridized carbons (Fsp3) is 0.667. The van der Waals surface area contributed by atoms with Crippen LogP contribution in [0, 0.1) is 0 Å². The predicted octanol–water partition coefficient (Wildman–Crippen LogP) is -0.251. The number of nitrogens with zero attached hydrogens (tertiary/aromatic N) is 4. The van der Waals surface area contributed by atoms with E-state index in [1.807, 2.05) is 0 Å². The first kappa shape index (κ1) is 12.3. The summed E-state index contributed by atoms with van der Waals surface area (Å²) >= 11 is 0. The number of guanidine groups is 2. The number of hydrogen-bond donors (Lipinski definition) is 1. The molecule has 0 spiro atoms. The summed E-state index contributed by atoms with van der Waals surface area (Å²) in [5.41, 5.74) is 5.69. The molecule has 0 saturated heterocycles. The van der Waals surface area contributed by atoms with Crippen molar-refractivity contribution in [3.8, 4) is 0 Å². The van der Waals surface area contributed by atoms with Crippen LogP contribution >= 0.6 is 0 Å². The van der Waals surface area contributed by atoms with Crippen molar-refractivity contribution in [2.75, 3.05) is 14.1 Å². The second-order valence-corrected chi connectivity index (χ2v) is 3.55. The van der Waals surface area contributed by atoms with E-state index in [0.717, 1.165) is 5.06 Å². The molecule has 1 rings (SSSR count). The van der Waals surface area contributed by atoms with E-state index < -0.39 is 0 Å². The van der Waals surface area contributed by atoms with Gasteiger partial charge in [-0.25, -0.2) is 14.8 Å². The van der Waals surface area contributed by atoms with E-state index in [9.17, 15) is 4.79 Å². The Hall–Kier alpha value is -1.79. The molecule has 1 aliphatic heterocycles. The fourth-order valence-electron chi connectivity index (χ4n) is 1.15. The lowest BCUT2D eigenvalue weighted by molar-refractivity contribution is -0.163. The number of carbonyl (C=O) groups is 1. The number of nitrogens with two attached hydrogens (primary N) is 1. The molecule has 1 heterocycles. The van der Waals surface area contributed by atoms with Crippen molar-refractivity contribution in [1.82, 2.24) is 9.96 Å². The van der Waals surface area contributed by atoms with Crippen molar-refractivity contribution in [3.05, 3.63) is 0 Å². The lowest BCUT2D eigenvalue weighted by Crippen LogP contribution is -2.51. The Kier molecular flexibility index (Phi) is 3.70. The first-order valence-electron chi connectivity index (χ1n) is 5.05. The van der Waals surface area contributed by atoms with Gasteiger partial charge in [-0.1, -0.05) is 6.92 Å². The second kappa shape index (κ2) is 4.82. The zero-order valence-electron chi connectivity index (χ0n) is 9.97. The largest absolute Gasteiger partial charge is 0.367 e. The van der Waals surface area contributed by atoms with Crippen LogP contribution in [-0.2, 0) is 9.63 Å². The Balaban J connectivity index is 2.89. The molecule has 7 nitrogen and oxygen atoms in total. The Labute approximate surface area is 94.5 Å². The molecule has 0 saturated carbocycles. The average Bonchev–Trinajstić information content (AvgIpc) is 2.20. The maximum absolute atomic E-state index is 11.2. The number of rotatable bonds is 2. The molecule has 0 aromatic carbocycles. The third-order valence-electron chi connectivity index (χ3n) is 1.89. The molecule has 1 aliphatic rings. The molecule has 0 aromatic rings. The molecular formula is C9H17N5O2. The first-order chi connectivity index (χ1) is 7.45. The van der Waals surface area contributed by atoms with E-state index in [0.29, 0.717) is 5.96 Å². The van der Waals surface area contributed by atoms with E-state index in [-0.39, 0.29) is 24.5 Å². The smallest absolute Gasteiger partial charge is 0.332 e. The molecule has 1 atom stereocenters. The summed E-state index contributed by atoms with van der Waals surface area (Å²) in [5, 5.41) is 1.14. The van der Waals surface area contributed by atoms with Crippen molar-refractivity contribution in [3.63, 3.8) is 0 Å². The standard InChI is InChI=1S/C9H17N5O2/c1-5-7(15)16-14-8(10)11-6(2)12-9(14)13(3)4/h6H,5H2,1-4H3,(H2,10,11)/t6-/m1/s1. The van der Waals surface area contributed by atoms with Crippen LogP contribution in [-0.4, -0.2) is 48.1 Å². The van der Waals surface area contributed by atoms with Crippen LogP contribution in [0.2, 0.25) is 0 Å². The first-order valence-corrected chi connectivity index (χ1v) is 5.05. The summed E-state index contributed by atoms with van der Waals surface area (Å²) < 4.78 is 0. The minimum atomic E-state index is -0.387. The van der Waals surface area contributed by atoms with E-state index >= 15 is 0 Å². The zero-order valence-corrected chi connectivity index (χ0v) is 9.97. The molecule has 0 fully saturated rings. The van der Waals surface area contributed by atoms with Gasteiger partial charge in [-0.05, 0) is 6.92 Å². The quantitative estimate of drug-likeness (QED) is 0.703. The van der Waals surface area contributed by atoms with E-state index in [1.165, 1.54) is 0 Å². The minimum Gasteiger partial charge on any atom is -0.367 e. The Morgan fingerprint density at radius 3 is 2.69 bits per heavy atom. The Morgan fingerprint density at radius 2 is 2.19 bits per heavy atom. The van der Waals surface area contributed by atoms with Crippen molar-refractivity contribution < 1.29 is 9.63 Å². The van der Waals surface area contributed by atoms with Crippen LogP contribution in [0.3, 0.4) is 0 Å². The van der Waals surface area contributed by atoms with Gasteiger partial charge >= 0.3 is 5.97 Å². The highest BCUT2D eigenvalue weighted by Crippen LogP contribution is 2.08. The topological polar surface area (TPSA) is 83.5 Å². The SMILES string of the molecule is CCC(=O)ON1C(N)=N[C@@H](C)N=C1N(C)C. The van der Waals surface area contributed by atoms with Crippen LogP contribution in [0.5, 0.6) is 0 Å². The molecule has 0 aliphatic carbocycles. The molecule has 0 radical (unpaired) electrons. The number of aliphatic imine (C=N–C) groups is 2. The number of hydroxylamine groups is 2. The summed E-state index contributed by atoms with van der Waals surface area (Å²) in [5.74, 6) is 0.206. The summed E-state index contributed by atoms with van der Waals surface area (Å²) in [7, 11) is 3.58. The highest BCUT2D eigenvalue weighted by molar-refractivity contribution is 5.99. The van der Waals surface area contributed by atoms with Gasteiger partial charge in [0.15, 0.2) is 0 Å². The van der Waals surface area contributed by atoms with Crippen LogP contribution in [0.15, 0.2) is 9.98 Å². The highest BCUT2D eigenvalue weighted by atomic mass is 16.7. The van der Waals surface area contributed by atoms with Gasteiger partial charge in [0.1, 0.15) is 6.17 Å². The van der Waals surface area contributed by atoms with Crippen molar-refractivity contribution in [1.29, 1.82) is 0 Å². The third kappa shape index (κ3) is 2.62. The molecule has 0 bridgehead atoms. The van der Waals surface area contributed by atoms with Gasteiger partial charge in [-0.3, -0.25) is 0 Å². The number of hydrogen-bond acceptors (Lipinski definition) is 7. The normalized spacial score (nSPS) is 20.0. The predicted molar refractivity (Wildman–Crippen MR) is 60.4 cm³/mol. The molecule has 90 valence electrons. The molecule has 0 unspecified atom stereocenters. The van der Waals surface area contributed by atoms with Crippen LogP contribution < -0.4 is 5.73 Å². The van der Waals surface area contributed by atoms with Gasteiger partial charge in [0.25, 0.3) is 0 Å². The summed E-state index contributed by atoms with van der Waals surface area (Å²) in [4.78, 5) is 26.2. The van der Waals surface area contributed by atoms with E-state index in [1.54, 1.807) is 32.8 Å². The van der Waals surface area contributed by atoms with E-state index in [2.05, 4.69) is 9.98 Å². The second-order valence-electron chi connectivity index (χ2n) is 3.55.